The molecule has 1 nitrogen and oxygen atoms in total. The van der Waals surface area contributed by atoms with Crippen molar-refractivity contribution in [2.24, 2.45) is 5.73 Å². The second-order valence-corrected chi connectivity index (χ2v) is 4.32. The predicted octanol–water partition coefficient (Wildman–Crippen LogP) is 3.00. The van der Waals surface area contributed by atoms with Crippen LogP contribution < -0.4 is 5.73 Å². The number of benzene rings is 1. The van der Waals surface area contributed by atoms with E-state index in [-0.39, 0.29) is 12.3 Å². The molecule has 0 aromatic heterocycles. The summed E-state index contributed by atoms with van der Waals surface area (Å²) in [6.07, 6.45) is -2.63. The van der Waals surface area contributed by atoms with Gasteiger partial charge in [0.05, 0.1) is 0 Å². The molecule has 0 saturated heterocycles. The van der Waals surface area contributed by atoms with Crippen LogP contribution in [0.2, 0.25) is 0 Å². The number of hydrogen-bond acceptors (Lipinski definition) is 1. The van der Waals surface area contributed by atoms with Gasteiger partial charge in [-0.05, 0) is 36.3 Å². The monoisotopic (exact) mass is 229 g/mol. The normalized spacial score (nSPS) is 21.9. The molecule has 2 rings (SSSR count). The summed E-state index contributed by atoms with van der Waals surface area (Å²) in [5.74, 6) is -0.0344. The van der Waals surface area contributed by atoms with E-state index < -0.39 is 12.2 Å². The largest absolute Gasteiger partial charge is 0.403 e. The first-order valence-corrected chi connectivity index (χ1v) is 5.38. The third-order valence-electron chi connectivity index (χ3n) is 3.22. The molecule has 1 aliphatic carbocycles. The van der Waals surface area contributed by atoms with Gasteiger partial charge in [0, 0.05) is 0 Å². The van der Waals surface area contributed by atoms with Crippen LogP contribution in [-0.2, 0) is 6.42 Å². The molecule has 2 N–H and O–H groups in total. The minimum atomic E-state index is -4.28. The third kappa shape index (κ3) is 2.21. The van der Waals surface area contributed by atoms with Crippen LogP contribution in [0.5, 0.6) is 0 Å². The fourth-order valence-corrected chi connectivity index (χ4v) is 2.33. The highest BCUT2D eigenvalue weighted by molar-refractivity contribution is 5.34. The zero-order valence-corrected chi connectivity index (χ0v) is 8.80. The van der Waals surface area contributed by atoms with E-state index in [1.54, 1.807) is 0 Å². The van der Waals surface area contributed by atoms with Gasteiger partial charge in [-0.3, -0.25) is 0 Å². The quantitative estimate of drug-likeness (QED) is 0.828. The van der Waals surface area contributed by atoms with Crippen molar-refractivity contribution in [1.82, 2.24) is 0 Å². The molecule has 1 aromatic rings. The Morgan fingerprint density at radius 2 is 2.00 bits per heavy atom. The highest BCUT2D eigenvalue weighted by atomic mass is 19.4. The molecular weight excluding hydrogens is 215 g/mol. The van der Waals surface area contributed by atoms with Crippen LogP contribution in [0.3, 0.4) is 0 Å². The summed E-state index contributed by atoms with van der Waals surface area (Å²) in [6.45, 7) is 0. The van der Waals surface area contributed by atoms with Gasteiger partial charge in [0.1, 0.15) is 6.04 Å². The van der Waals surface area contributed by atoms with Crippen LogP contribution in [-0.4, -0.2) is 12.2 Å². The SMILES string of the molecule is NC(CC1CCc2ccccc21)C(F)(F)F. The molecule has 0 amide bonds. The second-order valence-electron chi connectivity index (χ2n) is 4.32. The molecule has 0 aliphatic heterocycles. The molecule has 4 heteroatoms. The lowest BCUT2D eigenvalue weighted by molar-refractivity contribution is -0.149. The third-order valence-corrected chi connectivity index (χ3v) is 3.22. The van der Waals surface area contributed by atoms with Crippen LogP contribution in [0.4, 0.5) is 13.2 Å². The molecular formula is C12H14F3N. The first-order valence-electron chi connectivity index (χ1n) is 5.38. The van der Waals surface area contributed by atoms with Gasteiger partial charge in [0.2, 0.25) is 0 Å². The van der Waals surface area contributed by atoms with E-state index >= 15 is 0 Å². The summed E-state index contributed by atoms with van der Waals surface area (Å²) < 4.78 is 37.1. The number of aryl methyl sites for hydroxylation is 1. The molecule has 0 radical (unpaired) electrons. The topological polar surface area (TPSA) is 26.0 Å². The molecule has 1 aliphatic rings. The average molecular weight is 229 g/mol. The smallest absolute Gasteiger partial charge is 0.320 e. The Kier molecular flexibility index (Phi) is 2.93. The first kappa shape index (κ1) is 11.5. The van der Waals surface area contributed by atoms with Crippen LogP contribution in [0.15, 0.2) is 24.3 Å². The van der Waals surface area contributed by atoms with E-state index in [4.69, 9.17) is 5.73 Å². The Labute approximate surface area is 92.5 Å². The fourth-order valence-electron chi connectivity index (χ4n) is 2.33. The molecule has 1 aromatic carbocycles. The Morgan fingerprint density at radius 3 is 2.69 bits per heavy atom. The average Bonchev–Trinajstić information content (AvgIpc) is 2.61. The highest BCUT2D eigenvalue weighted by Gasteiger charge is 2.39. The minimum absolute atomic E-state index is 0.000509. The van der Waals surface area contributed by atoms with E-state index in [9.17, 15) is 13.2 Å². The number of nitrogens with two attached hydrogens (primary N) is 1. The van der Waals surface area contributed by atoms with Gasteiger partial charge in [-0.2, -0.15) is 13.2 Å². The van der Waals surface area contributed by atoms with E-state index in [2.05, 4.69) is 0 Å². The van der Waals surface area contributed by atoms with Gasteiger partial charge in [-0.15, -0.1) is 0 Å². The number of hydrogen-bond donors (Lipinski definition) is 1. The molecule has 0 saturated carbocycles. The van der Waals surface area contributed by atoms with Crippen molar-refractivity contribution in [3.63, 3.8) is 0 Å². The van der Waals surface area contributed by atoms with Crippen molar-refractivity contribution in [2.45, 2.75) is 37.4 Å². The van der Waals surface area contributed by atoms with Crippen molar-refractivity contribution in [3.8, 4) is 0 Å². The number of rotatable bonds is 2. The summed E-state index contributed by atoms with van der Waals surface area (Å²) in [6, 6.07) is 5.98. The first-order chi connectivity index (χ1) is 7.48. The molecule has 16 heavy (non-hydrogen) atoms. The second kappa shape index (κ2) is 4.09. The lowest BCUT2D eigenvalue weighted by Gasteiger charge is -2.19. The van der Waals surface area contributed by atoms with Crippen LogP contribution in [0, 0.1) is 0 Å². The van der Waals surface area contributed by atoms with Gasteiger partial charge < -0.3 is 5.73 Å². The molecule has 0 spiro atoms. The summed E-state index contributed by atoms with van der Waals surface area (Å²) >= 11 is 0. The van der Waals surface area contributed by atoms with Crippen LogP contribution in [0.25, 0.3) is 0 Å². The molecule has 2 atom stereocenters. The molecule has 0 heterocycles. The van der Waals surface area contributed by atoms with Crippen LogP contribution in [0.1, 0.15) is 29.9 Å². The Hall–Kier alpha value is -1.03. The number of halogens is 3. The van der Waals surface area contributed by atoms with Crippen molar-refractivity contribution in [3.05, 3.63) is 35.4 Å². The lowest BCUT2D eigenvalue weighted by atomic mass is 9.94. The molecule has 2 unspecified atom stereocenters. The van der Waals surface area contributed by atoms with Gasteiger partial charge in [-0.25, -0.2) is 0 Å². The number of fused-ring (bicyclic) bond motifs is 1. The van der Waals surface area contributed by atoms with E-state index in [0.29, 0.717) is 0 Å². The Bertz CT molecular complexity index is 373. The van der Waals surface area contributed by atoms with Crippen molar-refractivity contribution in [2.75, 3.05) is 0 Å². The maximum absolute atomic E-state index is 12.4. The fraction of sp³-hybridized carbons (Fsp3) is 0.500. The Balaban J connectivity index is 2.09. The maximum atomic E-state index is 12.4. The zero-order chi connectivity index (χ0) is 11.8. The van der Waals surface area contributed by atoms with Gasteiger partial charge >= 0.3 is 6.18 Å². The minimum Gasteiger partial charge on any atom is -0.320 e. The standard InChI is InChI=1S/C12H14F3N/c13-12(14,15)11(16)7-9-6-5-8-3-1-2-4-10(8)9/h1-4,9,11H,5-7,16H2. The van der Waals surface area contributed by atoms with Gasteiger partial charge in [-0.1, -0.05) is 24.3 Å². The maximum Gasteiger partial charge on any atom is 0.403 e. The molecule has 0 fully saturated rings. The van der Waals surface area contributed by atoms with Gasteiger partial charge in [0.15, 0.2) is 0 Å². The van der Waals surface area contributed by atoms with Crippen molar-refractivity contribution >= 4 is 0 Å². The summed E-state index contributed by atoms with van der Waals surface area (Å²) in [4.78, 5) is 0. The predicted molar refractivity (Wildman–Crippen MR) is 56.2 cm³/mol. The summed E-state index contributed by atoms with van der Waals surface area (Å²) in [7, 11) is 0. The van der Waals surface area contributed by atoms with Crippen LogP contribution >= 0.6 is 0 Å². The number of alkyl halides is 3. The van der Waals surface area contributed by atoms with E-state index in [0.717, 1.165) is 18.4 Å². The molecule has 88 valence electrons. The lowest BCUT2D eigenvalue weighted by Crippen LogP contribution is -2.38. The van der Waals surface area contributed by atoms with Gasteiger partial charge in [0.25, 0.3) is 0 Å². The summed E-state index contributed by atoms with van der Waals surface area (Å²) in [5, 5.41) is 0. The summed E-state index contributed by atoms with van der Waals surface area (Å²) in [5.41, 5.74) is 7.37. The van der Waals surface area contributed by atoms with Crippen molar-refractivity contribution in [1.29, 1.82) is 0 Å². The highest BCUT2D eigenvalue weighted by Crippen LogP contribution is 2.37. The zero-order valence-electron chi connectivity index (χ0n) is 8.80. The van der Waals surface area contributed by atoms with E-state index in [1.807, 2.05) is 24.3 Å². The van der Waals surface area contributed by atoms with Crippen molar-refractivity contribution < 1.29 is 13.2 Å². The van der Waals surface area contributed by atoms with E-state index in [1.165, 1.54) is 5.56 Å². The Morgan fingerprint density at radius 1 is 1.31 bits per heavy atom. The molecule has 0 bridgehead atoms.